The summed E-state index contributed by atoms with van der Waals surface area (Å²) < 4.78 is 5.05. The number of methoxy groups -OCH3 is 1. The second-order valence-electron chi connectivity index (χ2n) is 5.02. The highest BCUT2D eigenvalue weighted by Gasteiger charge is 2.05. The lowest BCUT2D eigenvalue weighted by atomic mass is 10.1. The maximum atomic E-state index is 11.9. The van der Waals surface area contributed by atoms with Crippen LogP contribution < -0.4 is 20.9 Å². The van der Waals surface area contributed by atoms with E-state index in [1.807, 2.05) is 0 Å². The molecule has 24 heavy (non-hydrogen) atoms. The molecule has 4 N–H and O–H groups in total. The monoisotopic (exact) mass is 329 g/mol. The van der Waals surface area contributed by atoms with Gasteiger partial charge in [0.05, 0.1) is 13.7 Å². The largest absolute Gasteiger partial charge is 0.497 e. The van der Waals surface area contributed by atoms with Gasteiger partial charge in [0.1, 0.15) is 5.75 Å². The Kier molecular flexibility index (Phi) is 6.30. The van der Waals surface area contributed by atoms with Crippen LogP contribution in [0.25, 0.3) is 0 Å². The standard InChI is InChI=1S/C17H19N3O4/c1-24-15-8-6-14(7-9-15)19-16(21)11-18-10-12-2-4-13(5-3-12)17(22)20-23/h2-9,18,23H,10-11H2,1H3,(H,19,21)(H,20,22). The van der Waals surface area contributed by atoms with Crippen LogP contribution in [0.3, 0.4) is 0 Å². The van der Waals surface area contributed by atoms with E-state index in [9.17, 15) is 9.59 Å². The number of rotatable bonds is 7. The Morgan fingerprint density at radius 3 is 2.29 bits per heavy atom. The molecule has 7 heteroatoms. The average molecular weight is 329 g/mol. The third kappa shape index (κ3) is 5.08. The van der Waals surface area contributed by atoms with Gasteiger partial charge in [-0.15, -0.1) is 0 Å². The Morgan fingerprint density at radius 2 is 1.71 bits per heavy atom. The topological polar surface area (TPSA) is 99.7 Å². The predicted molar refractivity (Wildman–Crippen MR) is 89.0 cm³/mol. The van der Waals surface area contributed by atoms with Crippen LogP contribution in [0.5, 0.6) is 5.75 Å². The second-order valence-corrected chi connectivity index (χ2v) is 5.02. The summed E-state index contributed by atoms with van der Waals surface area (Å²) in [6.07, 6.45) is 0. The lowest BCUT2D eigenvalue weighted by Crippen LogP contribution is -2.27. The third-order valence-electron chi connectivity index (χ3n) is 3.31. The lowest BCUT2D eigenvalue weighted by Gasteiger charge is -2.08. The van der Waals surface area contributed by atoms with Crippen molar-refractivity contribution in [2.75, 3.05) is 19.0 Å². The summed E-state index contributed by atoms with van der Waals surface area (Å²) in [7, 11) is 1.58. The van der Waals surface area contributed by atoms with Crippen LogP contribution in [0.2, 0.25) is 0 Å². The van der Waals surface area contributed by atoms with E-state index in [2.05, 4.69) is 10.6 Å². The van der Waals surface area contributed by atoms with Crippen molar-refractivity contribution in [1.82, 2.24) is 10.8 Å². The summed E-state index contributed by atoms with van der Waals surface area (Å²) in [4.78, 5) is 23.1. The summed E-state index contributed by atoms with van der Waals surface area (Å²) in [5, 5.41) is 14.3. The molecule has 0 radical (unpaired) electrons. The van der Waals surface area contributed by atoms with E-state index in [0.717, 1.165) is 11.3 Å². The number of carbonyl (C=O) groups excluding carboxylic acids is 2. The van der Waals surface area contributed by atoms with Crippen LogP contribution in [0.4, 0.5) is 5.69 Å². The van der Waals surface area contributed by atoms with Gasteiger partial charge in [-0.25, -0.2) is 5.48 Å². The molecule has 0 aliphatic heterocycles. The summed E-state index contributed by atoms with van der Waals surface area (Å²) >= 11 is 0. The smallest absolute Gasteiger partial charge is 0.274 e. The number of amides is 2. The molecule has 2 aromatic rings. The van der Waals surface area contributed by atoms with Gasteiger partial charge in [0.2, 0.25) is 5.91 Å². The molecule has 126 valence electrons. The number of hydrogen-bond acceptors (Lipinski definition) is 5. The van der Waals surface area contributed by atoms with Crippen molar-refractivity contribution >= 4 is 17.5 Å². The zero-order valence-electron chi connectivity index (χ0n) is 13.2. The minimum absolute atomic E-state index is 0.156. The molecule has 7 nitrogen and oxygen atoms in total. The van der Waals surface area contributed by atoms with E-state index in [-0.39, 0.29) is 12.5 Å². The van der Waals surface area contributed by atoms with E-state index in [1.165, 1.54) is 0 Å². The summed E-state index contributed by atoms with van der Waals surface area (Å²) in [5.41, 5.74) is 3.55. The first-order chi connectivity index (χ1) is 11.6. The molecular formula is C17H19N3O4. The van der Waals surface area contributed by atoms with Gasteiger partial charge < -0.3 is 15.4 Å². The minimum Gasteiger partial charge on any atom is -0.497 e. The molecule has 0 aliphatic rings. The van der Waals surface area contributed by atoms with Gasteiger partial charge in [-0.3, -0.25) is 14.8 Å². The molecule has 0 atom stereocenters. The quantitative estimate of drug-likeness (QED) is 0.456. The Hall–Kier alpha value is -2.90. The van der Waals surface area contributed by atoms with Crippen LogP contribution in [0.1, 0.15) is 15.9 Å². The van der Waals surface area contributed by atoms with Gasteiger partial charge in [0, 0.05) is 17.8 Å². The molecular weight excluding hydrogens is 310 g/mol. The van der Waals surface area contributed by atoms with Crippen molar-refractivity contribution in [2.24, 2.45) is 0 Å². The van der Waals surface area contributed by atoms with E-state index < -0.39 is 5.91 Å². The Morgan fingerprint density at radius 1 is 1.04 bits per heavy atom. The maximum Gasteiger partial charge on any atom is 0.274 e. The van der Waals surface area contributed by atoms with Gasteiger partial charge in [-0.2, -0.15) is 0 Å². The molecule has 2 aromatic carbocycles. The fourth-order valence-corrected chi connectivity index (χ4v) is 2.04. The summed E-state index contributed by atoms with van der Waals surface area (Å²) in [6.45, 7) is 0.641. The fraction of sp³-hybridized carbons (Fsp3) is 0.176. The highest BCUT2D eigenvalue weighted by Crippen LogP contribution is 2.14. The molecule has 0 spiro atoms. The number of benzene rings is 2. The normalized spacial score (nSPS) is 10.1. The molecule has 2 amide bonds. The number of ether oxygens (including phenoxy) is 1. The van der Waals surface area contributed by atoms with Crippen LogP contribution in [0.15, 0.2) is 48.5 Å². The maximum absolute atomic E-state index is 11.9. The van der Waals surface area contributed by atoms with Crippen LogP contribution in [-0.4, -0.2) is 30.7 Å². The number of hydroxylamine groups is 1. The van der Waals surface area contributed by atoms with Crippen molar-refractivity contribution in [3.05, 3.63) is 59.7 Å². The number of nitrogens with one attached hydrogen (secondary N) is 3. The first kappa shape index (κ1) is 17.5. The van der Waals surface area contributed by atoms with Crippen molar-refractivity contribution in [1.29, 1.82) is 0 Å². The third-order valence-corrected chi connectivity index (χ3v) is 3.31. The average Bonchev–Trinajstić information content (AvgIpc) is 2.62. The molecule has 0 bridgehead atoms. The Balaban J connectivity index is 1.76. The zero-order valence-corrected chi connectivity index (χ0v) is 13.2. The van der Waals surface area contributed by atoms with Crippen LogP contribution in [-0.2, 0) is 11.3 Å². The van der Waals surface area contributed by atoms with Crippen molar-refractivity contribution in [2.45, 2.75) is 6.54 Å². The molecule has 0 aromatic heterocycles. The van der Waals surface area contributed by atoms with Gasteiger partial charge in [-0.1, -0.05) is 12.1 Å². The second kappa shape index (κ2) is 8.66. The van der Waals surface area contributed by atoms with E-state index in [0.29, 0.717) is 17.8 Å². The zero-order chi connectivity index (χ0) is 17.4. The van der Waals surface area contributed by atoms with Crippen molar-refractivity contribution in [3.63, 3.8) is 0 Å². The van der Waals surface area contributed by atoms with Gasteiger partial charge in [-0.05, 0) is 42.0 Å². The molecule has 0 fully saturated rings. The highest BCUT2D eigenvalue weighted by molar-refractivity contribution is 5.93. The van der Waals surface area contributed by atoms with E-state index in [4.69, 9.17) is 9.94 Å². The number of anilines is 1. The highest BCUT2D eigenvalue weighted by atomic mass is 16.5. The Bertz CT molecular complexity index is 684. The van der Waals surface area contributed by atoms with E-state index in [1.54, 1.807) is 61.1 Å². The van der Waals surface area contributed by atoms with Crippen LogP contribution in [0, 0.1) is 0 Å². The van der Waals surface area contributed by atoms with E-state index >= 15 is 0 Å². The molecule has 0 saturated carbocycles. The first-order valence-electron chi connectivity index (χ1n) is 7.30. The lowest BCUT2D eigenvalue weighted by molar-refractivity contribution is -0.115. The molecule has 0 heterocycles. The molecule has 0 aliphatic carbocycles. The van der Waals surface area contributed by atoms with Crippen LogP contribution >= 0.6 is 0 Å². The SMILES string of the molecule is COc1ccc(NC(=O)CNCc2ccc(C(=O)NO)cc2)cc1. The summed E-state index contributed by atoms with van der Waals surface area (Å²) in [6, 6.07) is 13.8. The predicted octanol–water partition coefficient (Wildman–Crippen LogP) is 1.54. The molecule has 0 unspecified atom stereocenters. The Labute approximate surface area is 139 Å². The van der Waals surface area contributed by atoms with Crippen molar-refractivity contribution in [3.8, 4) is 5.75 Å². The van der Waals surface area contributed by atoms with Crippen molar-refractivity contribution < 1.29 is 19.5 Å². The van der Waals surface area contributed by atoms with Gasteiger partial charge in [0.25, 0.3) is 5.91 Å². The number of carbonyl (C=O) groups is 2. The first-order valence-corrected chi connectivity index (χ1v) is 7.30. The number of hydrogen-bond donors (Lipinski definition) is 4. The fourth-order valence-electron chi connectivity index (χ4n) is 2.04. The molecule has 2 rings (SSSR count). The minimum atomic E-state index is -0.562. The molecule has 0 saturated heterocycles. The van der Waals surface area contributed by atoms with Gasteiger partial charge >= 0.3 is 0 Å². The summed E-state index contributed by atoms with van der Waals surface area (Å²) in [5.74, 6) is 0.00859. The van der Waals surface area contributed by atoms with Gasteiger partial charge in [0.15, 0.2) is 0 Å².